The van der Waals surface area contributed by atoms with Gasteiger partial charge in [0.05, 0.1) is 7.11 Å². The largest absolute Gasteiger partial charge is 0.467 e. The van der Waals surface area contributed by atoms with Crippen LogP contribution in [-0.4, -0.2) is 36.5 Å². The maximum atomic E-state index is 13.3. The zero-order valence-electron chi connectivity index (χ0n) is 19.2. The van der Waals surface area contributed by atoms with E-state index in [2.05, 4.69) is 24.5 Å². The second-order valence-electron chi connectivity index (χ2n) is 11.4. The Morgan fingerprint density at radius 2 is 1.73 bits per heavy atom. The van der Waals surface area contributed by atoms with Crippen molar-refractivity contribution in [3.8, 4) is 0 Å². The quantitative estimate of drug-likeness (QED) is 0.690. The summed E-state index contributed by atoms with van der Waals surface area (Å²) in [6, 6.07) is 0.311. The third kappa shape index (κ3) is 3.16. The van der Waals surface area contributed by atoms with Crippen LogP contribution in [0.15, 0.2) is 0 Å². The Balaban J connectivity index is 1.52. The summed E-state index contributed by atoms with van der Waals surface area (Å²) in [4.78, 5) is 37.3. The molecule has 0 aromatic heterocycles. The second-order valence-corrected chi connectivity index (χ2v) is 11.4. The Morgan fingerprint density at radius 1 is 1.03 bits per heavy atom. The first-order valence-electron chi connectivity index (χ1n) is 11.7. The fourth-order valence-corrected chi connectivity index (χ4v) is 7.83. The van der Waals surface area contributed by atoms with Crippen molar-refractivity contribution in [1.82, 2.24) is 10.6 Å². The van der Waals surface area contributed by atoms with Crippen LogP contribution < -0.4 is 10.6 Å². The molecular weight excluding hydrogens is 380 g/mol. The molecule has 0 unspecified atom stereocenters. The van der Waals surface area contributed by atoms with Crippen LogP contribution in [0, 0.1) is 34.5 Å². The summed E-state index contributed by atoms with van der Waals surface area (Å²) in [5.74, 6) is 1.55. The van der Waals surface area contributed by atoms with E-state index < -0.39 is 11.5 Å². The predicted octanol–water partition coefficient (Wildman–Crippen LogP) is 3.19. The van der Waals surface area contributed by atoms with E-state index in [4.69, 9.17) is 4.74 Å². The Bertz CT molecular complexity index is 749. The Labute approximate surface area is 180 Å². The molecule has 1 saturated heterocycles. The smallest absolute Gasteiger partial charge is 0.330 e. The predicted molar refractivity (Wildman–Crippen MR) is 113 cm³/mol. The molecule has 1 heterocycles. The number of carbonyl (C=O) groups is 3. The van der Waals surface area contributed by atoms with Crippen LogP contribution in [-0.2, 0) is 19.1 Å². The molecule has 4 aliphatic rings. The molecule has 30 heavy (non-hydrogen) atoms. The molecule has 4 fully saturated rings. The number of rotatable bonds is 3. The molecule has 6 heteroatoms. The molecule has 0 spiro atoms. The van der Waals surface area contributed by atoms with Gasteiger partial charge in [0.1, 0.15) is 5.54 Å². The van der Waals surface area contributed by atoms with Gasteiger partial charge in [-0.3, -0.25) is 9.59 Å². The number of piperidine rings is 1. The minimum atomic E-state index is -1.01. The fraction of sp³-hybridized carbons (Fsp3) is 0.875. The average molecular weight is 419 g/mol. The van der Waals surface area contributed by atoms with Crippen LogP contribution in [0.5, 0.6) is 0 Å². The van der Waals surface area contributed by atoms with Crippen molar-refractivity contribution in [2.75, 3.05) is 7.11 Å². The zero-order chi connectivity index (χ0) is 21.9. The van der Waals surface area contributed by atoms with Gasteiger partial charge in [0, 0.05) is 18.4 Å². The lowest BCUT2D eigenvalue weighted by Gasteiger charge is -2.60. The fourth-order valence-electron chi connectivity index (χ4n) is 7.83. The van der Waals surface area contributed by atoms with Crippen LogP contribution >= 0.6 is 0 Å². The minimum Gasteiger partial charge on any atom is -0.467 e. The van der Waals surface area contributed by atoms with Crippen molar-refractivity contribution in [1.29, 1.82) is 0 Å². The average Bonchev–Trinajstić information content (AvgIpc) is 3.04. The van der Waals surface area contributed by atoms with Gasteiger partial charge < -0.3 is 15.4 Å². The van der Waals surface area contributed by atoms with Gasteiger partial charge in [-0.2, -0.15) is 0 Å². The number of hydrogen-bond acceptors (Lipinski definition) is 4. The summed E-state index contributed by atoms with van der Waals surface area (Å²) in [6.45, 7) is 8.13. The van der Waals surface area contributed by atoms with Crippen molar-refractivity contribution in [3.63, 3.8) is 0 Å². The summed E-state index contributed by atoms with van der Waals surface area (Å²) >= 11 is 0. The van der Waals surface area contributed by atoms with Crippen molar-refractivity contribution in [2.24, 2.45) is 34.5 Å². The SMILES string of the molecule is COC(=O)C(C)(C)NC(=O)[C@H]1CC[C@H]2[C@@H]3CC[C@H]4NC(=O)CC[C@]4(C)[C@H]3CC[C@]12C. The third-order valence-corrected chi connectivity index (χ3v) is 9.54. The summed E-state index contributed by atoms with van der Waals surface area (Å²) < 4.78 is 4.87. The van der Waals surface area contributed by atoms with E-state index >= 15 is 0 Å². The summed E-state index contributed by atoms with van der Waals surface area (Å²) in [5.41, 5.74) is -0.840. The molecule has 3 saturated carbocycles. The number of hydrogen-bond donors (Lipinski definition) is 2. The van der Waals surface area contributed by atoms with Gasteiger partial charge in [0.25, 0.3) is 0 Å². The topological polar surface area (TPSA) is 84.5 Å². The Hall–Kier alpha value is -1.59. The molecule has 2 amide bonds. The first-order valence-corrected chi connectivity index (χ1v) is 11.7. The molecule has 1 aliphatic heterocycles. The molecule has 4 rings (SSSR count). The van der Waals surface area contributed by atoms with Gasteiger partial charge in [-0.15, -0.1) is 0 Å². The molecule has 0 bridgehead atoms. The van der Waals surface area contributed by atoms with Gasteiger partial charge >= 0.3 is 5.97 Å². The van der Waals surface area contributed by atoms with E-state index in [-0.39, 0.29) is 28.6 Å². The first kappa shape index (κ1) is 21.6. The van der Waals surface area contributed by atoms with Crippen molar-refractivity contribution >= 4 is 17.8 Å². The lowest BCUT2D eigenvalue weighted by Crippen LogP contribution is -2.61. The normalized spacial score (nSPS) is 43.0. The molecular formula is C24H38N2O4. The number of carbonyl (C=O) groups excluding carboxylic acids is 3. The minimum absolute atomic E-state index is 0.00122. The standard InChI is InChI=1S/C24H38N2O4/c1-22(2,21(29)30-5)26-20(28)17-8-7-15-14-6-9-18-24(4,13-11-19(27)25-18)16(14)10-12-23(15,17)3/h14-18H,6-13H2,1-5H3,(H,25,27)(H,26,28)/t14-,15-,16-,17+,18+,23-,24+/m0/s1. The number of nitrogens with one attached hydrogen (secondary N) is 2. The second kappa shape index (κ2) is 7.23. The molecule has 0 aromatic carbocycles. The lowest BCUT2D eigenvalue weighted by molar-refractivity contribution is -0.151. The zero-order valence-corrected chi connectivity index (χ0v) is 19.2. The van der Waals surface area contributed by atoms with E-state index in [1.807, 2.05) is 0 Å². The Kier molecular flexibility index (Phi) is 5.22. The summed E-state index contributed by atoms with van der Waals surface area (Å²) in [7, 11) is 1.36. The van der Waals surface area contributed by atoms with Crippen molar-refractivity contribution in [3.05, 3.63) is 0 Å². The van der Waals surface area contributed by atoms with Crippen LogP contribution in [0.25, 0.3) is 0 Å². The van der Waals surface area contributed by atoms with E-state index in [1.165, 1.54) is 7.11 Å². The maximum Gasteiger partial charge on any atom is 0.330 e. The highest BCUT2D eigenvalue weighted by Crippen LogP contribution is 2.65. The molecule has 6 nitrogen and oxygen atoms in total. The van der Waals surface area contributed by atoms with Crippen LogP contribution in [0.1, 0.15) is 79.1 Å². The van der Waals surface area contributed by atoms with Gasteiger partial charge in [-0.1, -0.05) is 13.8 Å². The molecule has 168 valence electrons. The van der Waals surface area contributed by atoms with E-state index in [1.54, 1.807) is 13.8 Å². The van der Waals surface area contributed by atoms with Crippen LogP contribution in [0.2, 0.25) is 0 Å². The number of ether oxygens (including phenoxy) is 1. The van der Waals surface area contributed by atoms with Gasteiger partial charge in [-0.25, -0.2) is 4.79 Å². The lowest BCUT2D eigenvalue weighted by atomic mass is 9.47. The molecule has 2 N–H and O–H groups in total. The highest BCUT2D eigenvalue weighted by Gasteiger charge is 2.61. The first-order chi connectivity index (χ1) is 14.0. The summed E-state index contributed by atoms with van der Waals surface area (Å²) in [6.07, 6.45) is 8.00. The van der Waals surface area contributed by atoms with E-state index in [0.717, 1.165) is 44.9 Å². The monoisotopic (exact) mass is 418 g/mol. The number of fused-ring (bicyclic) bond motifs is 5. The summed E-state index contributed by atoms with van der Waals surface area (Å²) in [5, 5.41) is 6.26. The van der Waals surface area contributed by atoms with Gasteiger partial charge in [-0.05, 0) is 87.4 Å². The highest BCUT2D eigenvalue weighted by molar-refractivity contribution is 5.88. The molecule has 0 aromatic rings. The maximum absolute atomic E-state index is 13.3. The van der Waals surface area contributed by atoms with Gasteiger partial charge in [0.2, 0.25) is 11.8 Å². The van der Waals surface area contributed by atoms with E-state index in [0.29, 0.717) is 30.2 Å². The number of methoxy groups -OCH3 is 1. The van der Waals surface area contributed by atoms with Crippen molar-refractivity contribution < 1.29 is 19.1 Å². The van der Waals surface area contributed by atoms with Crippen molar-refractivity contribution in [2.45, 2.75) is 90.6 Å². The van der Waals surface area contributed by atoms with Crippen LogP contribution in [0.3, 0.4) is 0 Å². The molecule has 0 radical (unpaired) electrons. The van der Waals surface area contributed by atoms with Gasteiger partial charge in [0.15, 0.2) is 0 Å². The van der Waals surface area contributed by atoms with Crippen LogP contribution in [0.4, 0.5) is 0 Å². The highest BCUT2D eigenvalue weighted by atomic mass is 16.5. The molecule has 3 aliphatic carbocycles. The Morgan fingerprint density at radius 3 is 2.43 bits per heavy atom. The van der Waals surface area contributed by atoms with E-state index in [9.17, 15) is 14.4 Å². The number of amides is 2. The third-order valence-electron chi connectivity index (χ3n) is 9.54. The number of esters is 1. The molecule has 7 atom stereocenters.